The summed E-state index contributed by atoms with van der Waals surface area (Å²) in [6.07, 6.45) is 0.574. The Morgan fingerprint density at radius 3 is 2.48 bits per heavy atom. The molecule has 3 rings (SSSR count). The molecule has 1 aliphatic heterocycles. The van der Waals surface area contributed by atoms with E-state index in [0.29, 0.717) is 12.0 Å². The molecular weight excluding hydrogens is 324 g/mol. The monoisotopic (exact) mass is 348 g/mol. The van der Waals surface area contributed by atoms with E-state index >= 15 is 0 Å². The number of hydrogen-bond acceptors (Lipinski definition) is 6. The van der Waals surface area contributed by atoms with Gasteiger partial charge in [0.05, 0.1) is 0 Å². The fraction of sp³-hybridized carbons (Fsp3) is 0.632. The minimum atomic E-state index is -0.490. The summed E-state index contributed by atoms with van der Waals surface area (Å²) >= 11 is 0. The highest BCUT2D eigenvalue weighted by molar-refractivity contribution is 5.91. The van der Waals surface area contributed by atoms with Gasteiger partial charge in [0.1, 0.15) is 18.3 Å². The molecule has 0 spiro atoms. The Labute approximate surface area is 147 Å². The Hall–Kier alpha value is -2.11. The van der Waals surface area contributed by atoms with Gasteiger partial charge in [0.25, 0.3) is 0 Å². The van der Waals surface area contributed by atoms with Crippen LogP contribution in [0.2, 0.25) is 0 Å². The summed E-state index contributed by atoms with van der Waals surface area (Å²) in [6, 6.07) is 0. The van der Waals surface area contributed by atoms with Gasteiger partial charge in [-0.05, 0) is 30.9 Å². The third-order valence-electron chi connectivity index (χ3n) is 5.85. The summed E-state index contributed by atoms with van der Waals surface area (Å²) in [6.45, 7) is 10.5. The van der Waals surface area contributed by atoms with Crippen molar-refractivity contribution in [1.82, 2.24) is 0 Å². The van der Waals surface area contributed by atoms with E-state index in [1.165, 1.54) is 13.8 Å². The van der Waals surface area contributed by atoms with E-state index in [1.54, 1.807) is 0 Å². The number of hydrogen-bond donors (Lipinski definition) is 0. The highest BCUT2D eigenvalue weighted by Crippen LogP contribution is 2.56. The minimum Gasteiger partial charge on any atom is -0.461 e. The molecule has 0 aromatic heterocycles. The number of ether oxygens (including phenoxy) is 3. The van der Waals surface area contributed by atoms with E-state index in [9.17, 15) is 14.4 Å². The molecule has 1 heterocycles. The van der Waals surface area contributed by atoms with E-state index in [2.05, 4.69) is 6.58 Å². The predicted octanol–water partition coefficient (Wildman–Crippen LogP) is 2.47. The van der Waals surface area contributed by atoms with Gasteiger partial charge in [-0.3, -0.25) is 9.59 Å². The molecule has 0 aromatic carbocycles. The number of esters is 3. The van der Waals surface area contributed by atoms with Gasteiger partial charge in [-0.25, -0.2) is 4.79 Å². The van der Waals surface area contributed by atoms with Crippen molar-refractivity contribution in [1.29, 1.82) is 0 Å². The van der Waals surface area contributed by atoms with E-state index in [4.69, 9.17) is 14.2 Å². The van der Waals surface area contributed by atoms with Crippen molar-refractivity contribution in [3.05, 3.63) is 23.3 Å². The van der Waals surface area contributed by atoms with Gasteiger partial charge in [-0.1, -0.05) is 13.5 Å². The van der Waals surface area contributed by atoms with Crippen LogP contribution < -0.4 is 0 Å². The van der Waals surface area contributed by atoms with Crippen LogP contribution in [0.5, 0.6) is 0 Å². The lowest BCUT2D eigenvalue weighted by atomic mass is 9.58. The van der Waals surface area contributed by atoms with Gasteiger partial charge in [0, 0.05) is 37.2 Å². The fourth-order valence-electron chi connectivity index (χ4n) is 4.64. The molecule has 2 fully saturated rings. The molecule has 5 atom stereocenters. The molecule has 6 heteroatoms. The lowest BCUT2D eigenvalue weighted by molar-refractivity contribution is -0.162. The highest BCUT2D eigenvalue weighted by atomic mass is 16.6. The topological polar surface area (TPSA) is 78.9 Å². The van der Waals surface area contributed by atoms with Crippen LogP contribution in [-0.4, -0.2) is 36.2 Å². The molecule has 2 aliphatic carbocycles. The second kappa shape index (κ2) is 6.00. The zero-order valence-corrected chi connectivity index (χ0v) is 15.1. The van der Waals surface area contributed by atoms with Gasteiger partial charge in [0.15, 0.2) is 0 Å². The Morgan fingerprint density at radius 2 is 1.88 bits per heavy atom. The Bertz CT molecular complexity index is 690. The third-order valence-corrected chi connectivity index (χ3v) is 5.85. The summed E-state index contributed by atoms with van der Waals surface area (Å²) in [5, 5.41) is 0. The molecule has 0 radical (unpaired) electrons. The first-order valence-corrected chi connectivity index (χ1v) is 8.60. The molecule has 25 heavy (non-hydrogen) atoms. The van der Waals surface area contributed by atoms with Crippen LogP contribution in [0.25, 0.3) is 0 Å². The van der Waals surface area contributed by atoms with E-state index in [-0.39, 0.29) is 17.9 Å². The van der Waals surface area contributed by atoms with Crippen molar-refractivity contribution in [2.45, 2.75) is 65.3 Å². The maximum Gasteiger partial charge on any atom is 0.334 e. The normalized spacial score (nSPS) is 37.1. The van der Waals surface area contributed by atoms with Crippen molar-refractivity contribution < 1.29 is 28.6 Å². The van der Waals surface area contributed by atoms with Crippen LogP contribution in [0.15, 0.2) is 23.3 Å². The van der Waals surface area contributed by atoms with Crippen LogP contribution in [0, 0.1) is 11.3 Å². The molecule has 0 aromatic rings. The molecule has 0 bridgehead atoms. The summed E-state index contributed by atoms with van der Waals surface area (Å²) in [4.78, 5) is 35.2. The zero-order valence-electron chi connectivity index (χ0n) is 15.1. The molecule has 136 valence electrons. The molecule has 1 saturated carbocycles. The first-order chi connectivity index (χ1) is 11.6. The maximum atomic E-state index is 12.0. The van der Waals surface area contributed by atoms with Gasteiger partial charge in [-0.15, -0.1) is 0 Å². The quantitative estimate of drug-likeness (QED) is 0.330. The van der Waals surface area contributed by atoms with Crippen molar-refractivity contribution in [3.63, 3.8) is 0 Å². The Balaban J connectivity index is 2.08. The summed E-state index contributed by atoms with van der Waals surface area (Å²) < 4.78 is 16.7. The summed E-state index contributed by atoms with van der Waals surface area (Å²) in [7, 11) is 0. The van der Waals surface area contributed by atoms with E-state index in [1.807, 2.05) is 13.8 Å². The summed E-state index contributed by atoms with van der Waals surface area (Å²) in [5.41, 5.74) is 1.85. The second-order valence-electron chi connectivity index (χ2n) is 7.44. The molecule has 0 unspecified atom stereocenters. The highest BCUT2D eigenvalue weighted by Gasteiger charge is 2.57. The average Bonchev–Trinajstić information content (AvgIpc) is 2.78. The largest absolute Gasteiger partial charge is 0.461 e. The minimum absolute atomic E-state index is 0.0698. The standard InChI is InChI=1S/C19H24O6/c1-9-13-6-7-19(5)15(24-12(4)21)8-14(23-11(3)20)10(2)16(19)17(13)25-18(9)22/h13-15,17H,1,6-8H2,2-5H3/t13-,14+,15-,17+,19-/m0/s1. The van der Waals surface area contributed by atoms with Gasteiger partial charge < -0.3 is 14.2 Å². The van der Waals surface area contributed by atoms with E-state index in [0.717, 1.165) is 24.0 Å². The first-order valence-electron chi connectivity index (χ1n) is 8.60. The SMILES string of the molecule is C=C1C(=O)O[C@H]2C3=C(C)[C@H](OC(C)=O)C[C@H](OC(C)=O)[C@]3(C)CC[C@@H]12. The average molecular weight is 348 g/mol. The van der Waals surface area contributed by atoms with Crippen molar-refractivity contribution >= 4 is 17.9 Å². The molecular formula is C19H24O6. The second-order valence-corrected chi connectivity index (χ2v) is 7.44. The van der Waals surface area contributed by atoms with Crippen molar-refractivity contribution in [2.75, 3.05) is 0 Å². The van der Waals surface area contributed by atoms with Crippen LogP contribution in [0.3, 0.4) is 0 Å². The van der Waals surface area contributed by atoms with Crippen LogP contribution in [0.1, 0.15) is 47.0 Å². The number of carbonyl (C=O) groups is 3. The van der Waals surface area contributed by atoms with Gasteiger partial charge in [0.2, 0.25) is 0 Å². The lowest BCUT2D eigenvalue weighted by Gasteiger charge is -2.50. The predicted molar refractivity (Wildman–Crippen MR) is 88.3 cm³/mol. The van der Waals surface area contributed by atoms with Crippen LogP contribution >= 0.6 is 0 Å². The van der Waals surface area contributed by atoms with Gasteiger partial charge >= 0.3 is 17.9 Å². The molecule has 1 saturated heterocycles. The molecule has 6 nitrogen and oxygen atoms in total. The smallest absolute Gasteiger partial charge is 0.334 e. The zero-order chi connectivity index (χ0) is 18.5. The summed E-state index contributed by atoms with van der Waals surface area (Å²) in [5.74, 6) is -1.21. The van der Waals surface area contributed by atoms with Crippen molar-refractivity contribution in [3.8, 4) is 0 Å². The van der Waals surface area contributed by atoms with Gasteiger partial charge in [-0.2, -0.15) is 0 Å². The molecule has 0 N–H and O–H groups in total. The number of carbonyl (C=O) groups excluding carboxylic acids is 3. The number of fused-ring (bicyclic) bond motifs is 3. The lowest BCUT2D eigenvalue weighted by Crippen LogP contribution is -2.51. The maximum absolute atomic E-state index is 12.0. The fourth-order valence-corrected chi connectivity index (χ4v) is 4.64. The third kappa shape index (κ3) is 2.77. The molecule has 3 aliphatic rings. The Morgan fingerprint density at radius 1 is 1.24 bits per heavy atom. The Kier molecular flexibility index (Phi) is 4.25. The molecule has 0 amide bonds. The van der Waals surface area contributed by atoms with Crippen molar-refractivity contribution in [2.24, 2.45) is 11.3 Å². The van der Waals surface area contributed by atoms with E-state index < -0.39 is 29.7 Å². The number of rotatable bonds is 2. The van der Waals surface area contributed by atoms with Crippen LogP contribution in [0.4, 0.5) is 0 Å². The van der Waals surface area contributed by atoms with Crippen LogP contribution in [-0.2, 0) is 28.6 Å². The first kappa shape index (κ1) is 17.7.